The molecule has 0 unspecified atom stereocenters. The zero-order valence-corrected chi connectivity index (χ0v) is 10.7. The second-order valence-electron chi connectivity index (χ2n) is 4.94. The van der Waals surface area contributed by atoms with E-state index in [-0.39, 0.29) is 0 Å². The number of carbonyl (C=O) groups is 1. The zero-order chi connectivity index (χ0) is 13.3. The predicted molar refractivity (Wildman–Crippen MR) is 69.4 cm³/mol. The summed E-state index contributed by atoms with van der Waals surface area (Å²) in [5.74, 6) is -0.433. The maximum Gasteiger partial charge on any atom is 0.316 e. The van der Waals surface area contributed by atoms with Crippen LogP contribution in [0.15, 0.2) is 30.5 Å². The number of aryl methyl sites for hydroxylation is 1. The van der Waals surface area contributed by atoms with Crippen molar-refractivity contribution in [2.45, 2.75) is 26.2 Å². The van der Waals surface area contributed by atoms with Crippen molar-refractivity contribution < 1.29 is 9.90 Å². The molecule has 0 spiro atoms. The number of aliphatic carboxylic acids is 1. The Bertz CT molecular complexity index is 568. The van der Waals surface area contributed by atoms with Crippen LogP contribution in [0, 0.1) is 6.92 Å². The van der Waals surface area contributed by atoms with E-state index in [1.807, 2.05) is 31.2 Å². The minimum Gasteiger partial charge on any atom is -0.481 e. The molecule has 0 amide bonds. The highest BCUT2D eigenvalue weighted by Gasteiger charge is 2.32. The molecule has 18 heavy (non-hydrogen) atoms. The fourth-order valence-corrected chi connectivity index (χ4v) is 1.62. The third-order valence-electron chi connectivity index (χ3n) is 3.07. The third-order valence-corrected chi connectivity index (χ3v) is 3.07. The predicted octanol–water partition coefficient (Wildman–Crippen LogP) is 2.75. The summed E-state index contributed by atoms with van der Waals surface area (Å²) in [6, 6.07) is 8.00. The number of benzene rings is 1. The molecule has 1 aromatic heterocycles. The number of H-pyrrole nitrogens is 1. The number of carboxylic acids is 1. The highest BCUT2D eigenvalue weighted by molar-refractivity contribution is 5.79. The second kappa shape index (κ2) is 4.29. The van der Waals surface area contributed by atoms with Gasteiger partial charge in [0.2, 0.25) is 0 Å². The van der Waals surface area contributed by atoms with E-state index >= 15 is 0 Å². The number of aromatic amines is 1. The Morgan fingerprint density at radius 2 is 1.89 bits per heavy atom. The molecule has 0 saturated carbocycles. The molecule has 1 heterocycles. The van der Waals surface area contributed by atoms with E-state index in [4.69, 9.17) is 5.11 Å². The summed E-state index contributed by atoms with van der Waals surface area (Å²) in [6.45, 7) is 5.29. The van der Waals surface area contributed by atoms with Crippen LogP contribution in [0.1, 0.15) is 25.2 Å². The molecule has 2 aromatic rings. The van der Waals surface area contributed by atoms with Crippen molar-refractivity contribution in [3.8, 4) is 11.3 Å². The van der Waals surface area contributed by atoms with Gasteiger partial charge in [-0.05, 0) is 26.3 Å². The second-order valence-corrected chi connectivity index (χ2v) is 4.94. The number of rotatable bonds is 3. The van der Waals surface area contributed by atoms with E-state index in [0.717, 1.165) is 11.3 Å². The lowest BCUT2D eigenvalue weighted by Gasteiger charge is -2.15. The van der Waals surface area contributed by atoms with Crippen molar-refractivity contribution in [1.82, 2.24) is 9.97 Å². The van der Waals surface area contributed by atoms with Gasteiger partial charge in [0.25, 0.3) is 0 Å². The van der Waals surface area contributed by atoms with Crippen LogP contribution in [0.5, 0.6) is 0 Å². The topological polar surface area (TPSA) is 66.0 Å². The molecule has 0 aliphatic carbocycles. The molecule has 2 N–H and O–H groups in total. The first-order chi connectivity index (χ1) is 8.41. The monoisotopic (exact) mass is 244 g/mol. The highest BCUT2D eigenvalue weighted by atomic mass is 16.4. The lowest BCUT2D eigenvalue weighted by Crippen LogP contribution is -2.29. The molecule has 1 aromatic carbocycles. The van der Waals surface area contributed by atoms with E-state index in [2.05, 4.69) is 9.97 Å². The standard InChI is InChI=1S/C14H16N2O2/c1-9-4-6-10(7-5-9)11-8-15-12(16-11)14(2,3)13(17)18/h4-8H,1-3H3,(H,15,16)(H,17,18). The molecule has 0 atom stereocenters. The molecule has 4 heteroatoms. The van der Waals surface area contributed by atoms with Gasteiger partial charge in [-0.2, -0.15) is 0 Å². The Morgan fingerprint density at radius 1 is 1.28 bits per heavy atom. The molecule has 0 saturated heterocycles. The van der Waals surface area contributed by atoms with E-state index < -0.39 is 11.4 Å². The first-order valence-corrected chi connectivity index (χ1v) is 5.77. The molecular formula is C14H16N2O2. The van der Waals surface area contributed by atoms with Gasteiger partial charge in [0.1, 0.15) is 11.2 Å². The first-order valence-electron chi connectivity index (χ1n) is 5.77. The van der Waals surface area contributed by atoms with Crippen LogP contribution in [0.2, 0.25) is 0 Å². The summed E-state index contributed by atoms with van der Waals surface area (Å²) in [6.07, 6.45) is 1.67. The van der Waals surface area contributed by atoms with Crippen molar-refractivity contribution in [1.29, 1.82) is 0 Å². The van der Waals surface area contributed by atoms with E-state index in [9.17, 15) is 4.79 Å². The van der Waals surface area contributed by atoms with Crippen LogP contribution in [0.4, 0.5) is 0 Å². The number of nitrogens with one attached hydrogen (secondary N) is 1. The quantitative estimate of drug-likeness (QED) is 0.872. The molecule has 0 bridgehead atoms. The molecule has 0 aliphatic heterocycles. The molecule has 94 valence electrons. The SMILES string of the molecule is Cc1ccc(-c2cnc(C(C)(C)C(=O)O)[nH]2)cc1. The summed E-state index contributed by atoms with van der Waals surface area (Å²) < 4.78 is 0. The average Bonchev–Trinajstić information content (AvgIpc) is 2.79. The molecule has 0 aliphatic rings. The minimum absolute atomic E-state index is 0.463. The van der Waals surface area contributed by atoms with Crippen molar-refractivity contribution in [2.24, 2.45) is 0 Å². The van der Waals surface area contributed by atoms with Crippen LogP contribution < -0.4 is 0 Å². The molecule has 4 nitrogen and oxygen atoms in total. The fraction of sp³-hybridized carbons (Fsp3) is 0.286. The van der Waals surface area contributed by atoms with Gasteiger partial charge in [-0.3, -0.25) is 4.79 Å². The van der Waals surface area contributed by atoms with Crippen LogP contribution >= 0.6 is 0 Å². The summed E-state index contributed by atoms with van der Waals surface area (Å²) >= 11 is 0. The molecule has 2 rings (SSSR count). The minimum atomic E-state index is -1.01. The zero-order valence-electron chi connectivity index (χ0n) is 10.7. The van der Waals surface area contributed by atoms with Gasteiger partial charge in [-0.15, -0.1) is 0 Å². The van der Waals surface area contributed by atoms with Crippen molar-refractivity contribution >= 4 is 5.97 Å². The van der Waals surface area contributed by atoms with E-state index in [1.54, 1.807) is 20.0 Å². The molecule has 0 radical (unpaired) electrons. The maximum atomic E-state index is 11.2. The van der Waals surface area contributed by atoms with Crippen LogP contribution in [-0.2, 0) is 10.2 Å². The Morgan fingerprint density at radius 3 is 2.44 bits per heavy atom. The largest absolute Gasteiger partial charge is 0.481 e. The van der Waals surface area contributed by atoms with E-state index in [1.165, 1.54) is 5.56 Å². The Balaban J connectivity index is 2.37. The summed E-state index contributed by atoms with van der Waals surface area (Å²) in [4.78, 5) is 18.4. The van der Waals surface area contributed by atoms with Crippen LogP contribution in [0.3, 0.4) is 0 Å². The normalized spacial score (nSPS) is 11.5. The van der Waals surface area contributed by atoms with Crippen LogP contribution in [-0.4, -0.2) is 21.0 Å². The summed E-state index contributed by atoms with van der Waals surface area (Å²) in [7, 11) is 0. The molecular weight excluding hydrogens is 228 g/mol. The van der Waals surface area contributed by atoms with Gasteiger partial charge >= 0.3 is 5.97 Å². The smallest absolute Gasteiger partial charge is 0.316 e. The first kappa shape index (κ1) is 12.4. The van der Waals surface area contributed by atoms with Gasteiger partial charge in [0.05, 0.1) is 11.9 Å². The van der Waals surface area contributed by atoms with Gasteiger partial charge < -0.3 is 10.1 Å². The van der Waals surface area contributed by atoms with Gasteiger partial charge in [0, 0.05) is 0 Å². The Labute approximate surface area is 106 Å². The fourth-order valence-electron chi connectivity index (χ4n) is 1.62. The van der Waals surface area contributed by atoms with Crippen molar-refractivity contribution in [2.75, 3.05) is 0 Å². The summed E-state index contributed by atoms with van der Waals surface area (Å²) in [5.41, 5.74) is 2.01. The third kappa shape index (κ3) is 2.14. The van der Waals surface area contributed by atoms with Gasteiger partial charge in [-0.25, -0.2) is 4.98 Å². The average molecular weight is 244 g/mol. The lowest BCUT2D eigenvalue weighted by molar-refractivity contribution is -0.142. The Kier molecular flexibility index (Phi) is 2.95. The summed E-state index contributed by atoms with van der Waals surface area (Å²) in [5, 5.41) is 9.15. The number of imidazole rings is 1. The maximum absolute atomic E-state index is 11.2. The van der Waals surface area contributed by atoms with Crippen LogP contribution in [0.25, 0.3) is 11.3 Å². The van der Waals surface area contributed by atoms with E-state index in [0.29, 0.717) is 5.82 Å². The molecule has 0 fully saturated rings. The number of nitrogens with zero attached hydrogens (tertiary/aromatic N) is 1. The van der Waals surface area contributed by atoms with Crippen molar-refractivity contribution in [3.63, 3.8) is 0 Å². The number of carboxylic acid groups (broad SMARTS) is 1. The lowest BCUT2D eigenvalue weighted by atomic mass is 9.93. The number of hydrogen-bond acceptors (Lipinski definition) is 2. The number of aromatic nitrogens is 2. The Hall–Kier alpha value is -2.10. The van der Waals surface area contributed by atoms with Crippen molar-refractivity contribution in [3.05, 3.63) is 41.9 Å². The highest BCUT2D eigenvalue weighted by Crippen LogP contribution is 2.24. The van der Waals surface area contributed by atoms with Gasteiger partial charge in [0.15, 0.2) is 0 Å². The van der Waals surface area contributed by atoms with Gasteiger partial charge in [-0.1, -0.05) is 29.8 Å². The number of hydrogen-bond donors (Lipinski definition) is 2.